The number of hydrogen-bond donors (Lipinski definition) is 0. The summed E-state index contributed by atoms with van der Waals surface area (Å²) in [6, 6.07) is 7.57. The molecule has 8 heteroatoms. The lowest BCUT2D eigenvalue weighted by Gasteiger charge is -2.20. The number of methoxy groups -OCH3 is 3. The van der Waals surface area contributed by atoms with Crippen LogP contribution in [0.4, 0.5) is 0 Å². The number of ether oxygens (including phenoxy) is 3. The van der Waals surface area contributed by atoms with Crippen LogP contribution < -0.4 is 18.4 Å². The Morgan fingerprint density at radius 1 is 0.806 bits per heavy atom. The summed E-state index contributed by atoms with van der Waals surface area (Å²) in [6.07, 6.45) is 3.28. The molecule has 0 saturated carbocycles. The first-order valence-corrected chi connectivity index (χ1v) is 11.4. The number of fused-ring (bicyclic) bond motifs is 2. The van der Waals surface area contributed by atoms with Crippen LogP contribution in [0.2, 0.25) is 0 Å². The Morgan fingerprint density at radius 2 is 1.48 bits per heavy atom. The van der Waals surface area contributed by atoms with E-state index in [0.717, 1.165) is 41.5 Å². The summed E-state index contributed by atoms with van der Waals surface area (Å²) >= 11 is 0. The zero-order valence-electron chi connectivity index (χ0n) is 17.7. The number of hydrogen-bond acceptors (Lipinski definition) is 7. The molecular weight excluding hydrogens is 420 g/mol. The fourth-order valence-electron chi connectivity index (χ4n) is 4.28. The van der Waals surface area contributed by atoms with Crippen LogP contribution in [0.3, 0.4) is 0 Å². The Bertz CT molecular complexity index is 1160. The highest BCUT2D eigenvalue weighted by atomic mass is 32.2. The highest BCUT2D eigenvalue weighted by Gasteiger charge is 2.33. The van der Waals surface area contributed by atoms with Gasteiger partial charge >= 0.3 is 10.1 Å². The third-order valence-electron chi connectivity index (χ3n) is 5.72. The van der Waals surface area contributed by atoms with Gasteiger partial charge in [-0.1, -0.05) is 0 Å². The Labute approximate surface area is 181 Å². The van der Waals surface area contributed by atoms with Gasteiger partial charge in [-0.25, -0.2) is 0 Å². The highest BCUT2D eigenvalue weighted by molar-refractivity contribution is 7.87. The number of carbonyl (C=O) groups excluding carboxylic acids is 1. The van der Waals surface area contributed by atoms with Crippen molar-refractivity contribution >= 4 is 21.5 Å². The normalized spacial score (nSPS) is 15.8. The molecule has 0 aromatic heterocycles. The van der Waals surface area contributed by atoms with E-state index in [-0.39, 0.29) is 22.2 Å². The third-order valence-corrected chi connectivity index (χ3v) is 6.97. The van der Waals surface area contributed by atoms with E-state index in [2.05, 4.69) is 0 Å². The predicted octanol–water partition coefficient (Wildman–Crippen LogP) is 3.93. The van der Waals surface area contributed by atoms with E-state index in [1.54, 1.807) is 18.2 Å². The third kappa shape index (κ3) is 3.76. The van der Waals surface area contributed by atoms with Crippen LogP contribution in [-0.4, -0.2) is 35.5 Å². The summed E-state index contributed by atoms with van der Waals surface area (Å²) in [5.74, 6) is 1.28. The number of carbonyl (C=O) groups is 1. The summed E-state index contributed by atoms with van der Waals surface area (Å²) in [5.41, 5.74) is 3.46. The van der Waals surface area contributed by atoms with Crippen molar-refractivity contribution < 1.29 is 31.6 Å². The second-order valence-corrected chi connectivity index (χ2v) is 8.97. The molecule has 164 valence electrons. The maximum Gasteiger partial charge on any atom is 0.339 e. The second-order valence-electron chi connectivity index (χ2n) is 7.42. The van der Waals surface area contributed by atoms with Crippen LogP contribution in [0.15, 0.2) is 40.8 Å². The number of Topliss-reactive ketones (excluding diaryl/α,β-unsaturated/α-hetero) is 1. The first kappa shape index (κ1) is 21.2. The maximum atomic E-state index is 12.9. The fraction of sp³-hybridized carbons (Fsp3) is 0.348. The average Bonchev–Trinajstić information content (AvgIpc) is 3.21. The van der Waals surface area contributed by atoms with Gasteiger partial charge < -0.3 is 18.4 Å². The zero-order valence-corrected chi connectivity index (χ0v) is 18.5. The smallest absolute Gasteiger partial charge is 0.339 e. The van der Waals surface area contributed by atoms with E-state index in [4.69, 9.17) is 18.4 Å². The minimum atomic E-state index is -4.13. The van der Waals surface area contributed by atoms with Crippen molar-refractivity contribution in [1.82, 2.24) is 0 Å². The molecule has 0 atom stereocenters. The molecule has 0 heterocycles. The van der Waals surface area contributed by atoms with Gasteiger partial charge in [0.1, 0.15) is 10.6 Å². The average molecular weight is 445 g/mol. The topological polar surface area (TPSA) is 88.1 Å². The van der Waals surface area contributed by atoms with Crippen LogP contribution in [-0.2, 0) is 21.3 Å². The van der Waals surface area contributed by atoms with Crippen LogP contribution in [0.25, 0.3) is 5.57 Å². The summed E-state index contributed by atoms with van der Waals surface area (Å²) in [6.45, 7) is 0. The van der Waals surface area contributed by atoms with Gasteiger partial charge in [-0.15, -0.1) is 0 Å². The quantitative estimate of drug-likeness (QED) is 0.624. The van der Waals surface area contributed by atoms with E-state index < -0.39 is 10.1 Å². The van der Waals surface area contributed by atoms with Gasteiger partial charge in [0.25, 0.3) is 0 Å². The van der Waals surface area contributed by atoms with Gasteiger partial charge in [0.05, 0.1) is 21.3 Å². The molecule has 0 bridgehead atoms. The molecule has 0 spiro atoms. The molecule has 0 N–H and O–H groups in total. The molecule has 2 aliphatic rings. The van der Waals surface area contributed by atoms with Crippen molar-refractivity contribution in [2.45, 2.75) is 37.0 Å². The largest absolute Gasteiger partial charge is 0.497 e. The second kappa shape index (κ2) is 8.26. The lowest BCUT2D eigenvalue weighted by atomic mass is 9.95. The maximum absolute atomic E-state index is 12.9. The number of rotatable bonds is 6. The zero-order chi connectivity index (χ0) is 22.2. The first-order valence-electron chi connectivity index (χ1n) is 10.0. The van der Waals surface area contributed by atoms with Crippen LogP contribution >= 0.6 is 0 Å². The van der Waals surface area contributed by atoms with Crippen molar-refractivity contribution in [3.8, 4) is 23.0 Å². The fourth-order valence-corrected chi connectivity index (χ4v) is 5.21. The molecule has 2 aromatic rings. The van der Waals surface area contributed by atoms with E-state index >= 15 is 0 Å². The molecular formula is C23H24O7S. The van der Waals surface area contributed by atoms with Crippen molar-refractivity contribution in [2.24, 2.45) is 0 Å². The van der Waals surface area contributed by atoms with Gasteiger partial charge in [-0.05, 0) is 72.7 Å². The monoisotopic (exact) mass is 444 g/mol. The number of benzene rings is 2. The number of allylic oxidation sites excluding steroid dienone is 2. The first-order chi connectivity index (χ1) is 14.9. The van der Waals surface area contributed by atoms with E-state index in [0.29, 0.717) is 24.3 Å². The van der Waals surface area contributed by atoms with E-state index in [1.165, 1.54) is 33.5 Å². The lowest BCUT2D eigenvalue weighted by Crippen LogP contribution is -2.12. The molecule has 0 aliphatic heterocycles. The van der Waals surface area contributed by atoms with E-state index in [9.17, 15) is 13.2 Å². The minimum Gasteiger partial charge on any atom is -0.497 e. The van der Waals surface area contributed by atoms with Crippen molar-refractivity contribution in [3.05, 3.63) is 47.0 Å². The SMILES string of the molecule is COc1ccc(S(=O)(=O)Oc2cc3c(c(OC)c2OC)C2=C(CCC2)C(=O)CC3)cc1. The molecule has 0 radical (unpaired) electrons. The number of ketones is 1. The summed E-state index contributed by atoms with van der Waals surface area (Å²) in [7, 11) is 0.308. The Hall–Kier alpha value is -3.00. The Kier molecular flexibility index (Phi) is 5.66. The van der Waals surface area contributed by atoms with Crippen molar-refractivity contribution in [3.63, 3.8) is 0 Å². The minimum absolute atomic E-state index is 0.0137. The summed E-state index contributed by atoms with van der Waals surface area (Å²) in [5, 5.41) is 0. The number of aryl methyl sites for hydroxylation is 1. The molecule has 0 unspecified atom stereocenters. The Morgan fingerprint density at radius 3 is 2.13 bits per heavy atom. The highest BCUT2D eigenvalue weighted by Crippen LogP contribution is 2.50. The molecule has 2 aromatic carbocycles. The van der Waals surface area contributed by atoms with Gasteiger partial charge in [-0.3, -0.25) is 4.79 Å². The van der Waals surface area contributed by atoms with Crippen LogP contribution in [0, 0.1) is 0 Å². The molecule has 0 saturated heterocycles. The predicted molar refractivity (Wildman–Crippen MR) is 114 cm³/mol. The van der Waals surface area contributed by atoms with Gasteiger partial charge in [0.15, 0.2) is 17.3 Å². The molecule has 31 heavy (non-hydrogen) atoms. The molecule has 0 fully saturated rings. The van der Waals surface area contributed by atoms with Crippen LogP contribution in [0.1, 0.15) is 36.8 Å². The van der Waals surface area contributed by atoms with Gasteiger partial charge in [0.2, 0.25) is 5.75 Å². The van der Waals surface area contributed by atoms with E-state index in [1.807, 2.05) is 0 Å². The van der Waals surface area contributed by atoms with Crippen molar-refractivity contribution in [2.75, 3.05) is 21.3 Å². The molecule has 0 amide bonds. The standard InChI is InChI=1S/C23H24O7S/c1-27-15-8-10-16(11-9-15)31(25,26)30-20-13-14-7-12-19(24)17-5-4-6-18(17)21(14)23(29-3)22(20)28-2/h8-11,13H,4-7,12H2,1-3H3. The summed E-state index contributed by atoms with van der Waals surface area (Å²) in [4.78, 5) is 12.6. The van der Waals surface area contributed by atoms with Crippen LogP contribution in [0.5, 0.6) is 23.0 Å². The summed E-state index contributed by atoms with van der Waals surface area (Å²) < 4.78 is 47.6. The molecule has 7 nitrogen and oxygen atoms in total. The van der Waals surface area contributed by atoms with Gasteiger partial charge in [0, 0.05) is 12.0 Å². The molecule has 4 rings (SSSR count). The molecule has 2 aliphatic carbocycles. The Balaban J connectivity index is 1.82. The lowest BCUT2D eigenvalue weighted by molar-refractivity contribution is -0.115. The van der Waals surface area contributed by atoms with Crippen molar-refractivity contribution in [1.29, 1.82) is 0 Å². The van der Waals surface area contributed by atoms with Gasteiger partial charge in [-0.2, -0.15) is 8.42 Å².